The summed E-state index contributed by atoms with van der Waals surface area (Å²) < 4.78 is 33.9. The average Bonchev–Trinajstić information content (AvgIpc) is 2.82. The van der Waals surface area contributed by atoms with Crippen molar-refractivity contribution < 1.29 is 17.9 Å². The Morgan fingerprint density at radius 2 is 1.64 bits per heavy atom. The van der Waals surface area contributed by atoms with Gasteiger partial charge in [0.1, 0.15) is 12.3 Å². The summed E-state index contributed by atoms with van der Waals surface area (Å²) in [7, 11) is -2.36. The summed E-state index contributed by atoms with van der Waals surface area (Å²) in [5, 5.41) is 3.47. The van der Waals surface area contributed by atoms with Crippen molar-refractivity contribution in [2.24, 2.45) is 0 Å². The van der Waals surface area contributed by atoms with Gasteiger partial charge in [-0.05, 0) is 91.4 Å². The summed E-state index contributed by atoms with van der Waals surface area (Å²) in [5.74, 6) is 0.627. The monoisotopic (exact) mass is 528 g/mol. The van der Waals surface area contributed by atoms with Gasteiger partial charge in [0.15, 0.2) is 0 Å². The third-order valence-corrected chi connectivity index (χ3v) is 8.14. The first-order valence-corrected chi connectivity index (χ1v) is 13.6. The summed E-state index contributed by atoms with van der Waals surface area (Å²) in [6, 6.07) is 16.7. The van der Waals surface area contributed by atoms with E-state index in [0.717, 1.165) is 26.7 Å². The van der Waals surface area contributed by atoms with E-state index in [-0.39, 0.29) is 23.4 Å². The third kappa shape index (κ3) is 6.02. The van der Waals surface area contributed by atoms with Gasteiger partial charge >= 0.3 is 0 Å². The number of nitrogens with one attached hydrogen (secondary N) is 1. The zero-order chi connectivity index (χ0) is 26.6. The Hall–Kier alpha value is -3.03. The number of hydrogen-bond donors (Lipinski definition) is 1. The number of carbonyl (C=O) groups is 1. The molecule has 192 valence electrons. The molecule has 0 spiro atoms. The lowest BCUT2D eigenvalue weighted by Crippen LogP contribution is -2.42. The van der Waals surface area contributed by atoms with E-state index in [2.05, 4.69) is 19.2 Å². The van der Waals surface area contributed by atoms with Gasteiger partial charge in [-0.15, -0.1) is 0 Å². The molecule has 0 aliphatic heterocycles. The Morgan fingerprint density at radius 1 is 0.972 bits per heavy atom. The third-order valence-electron chi connectivity index (χ3n) is 6.13. The number of benzene rings is 3. The molecule has 1 amide bonds. The van der Waals surface area contributed by atoms with Crippen LogP contribution in [-0.4, -0.2) is 28.0 Å². The number of carbonyl (C=O) groups excluding carboxylic acids is 1. The summed E-state index contributed by atoms with van der Waals surface area (Å²) in [4.78, 5) is 13.4. The molecule has 0 fully saturated rings. The number of sulfonamides is 1. The Bertz CT molecular complexity index is 1340. The van der Waals surface area contributed by atoms with Crippen molar-refractivity contribution in [1.82, 2.24) is 5.32 Å². The lowest BCUT2D eigenvalue weighted by molar-refractivity contribution is -0.120. The SMILES string of the molecule is COc1cc(C)c([C@H](C)NC(=O)CN(c2ccc(Cl)cc2C)S(=O)(=O)c2ccccc2)cc1C(C)C. The molecule has 0 bridgehead atoms. The molecule has 1 N–H and O–H groups in total. The van der Waals surface area contributed by atoms with Crippen LogP contribution in [0, 0.1) is 13.8 Å². The highest BCUT2D eigenvalue weighted by Gasteiger charge is 2.29. The van der Waals surface area contributed by atoms with Crippen LogP contribution in [0.25, 0.3) is 0 Å². The van der Waals surface area contributed by atoms with Crippen LogP contribution in [0.15, 0.2) is 65.6 Å². The summed E-state index contributed by atoms with van der Waals surface area (Å²) in [5.41, 5.74) is 4.02. The maximum absolute atomic E-state index is 13.6. The second-order valence-corrected chi connectivity index (χ2v) is 11.4. The first-order chi connectivity index (χ1) is 16.9. The highest BCUT2D eigenvalue weighted by molar-refractivity contribution is 7.92. The van der Waals surface area contributed by atoms with Crippen LogP contribution in [0.3, 0.4) is 0 Å². The molecule has 0 aliphatic rings. The van der Waals surface area contributed by atoms with Crippen LogP contribution in [-0.2, 0) is 14.8 Å². The molecule has 3 rings (SSSR count). The normalized spacial score (nSPS) is 12.3. The van der Waals surface area contributed by atoms with E-state index in [1.54, 1.807) is 50.4 Å². The molecule has 0 radical (unpaired) electrons. The quantitative estimate of drug-likeness (QED) is 0.361. The first kappa shape index (κ1) is 27.6. The number of amides is 1. The van der Waals surface area contributed by atoms with Gasteiger partial charge in [-0.1, -0.05) is 43.6 Å². The molecule has 36 heavy (non-hydrogen) atoms. The lowest BCUT2D eigenvalue weighted by atomic mass is 9.93. The molecule has 0 heterocycles. The number of aryl methyl sites for hydroxylation is 2. The number of hydrogen-bond acceptors (Lipinski definition) is 4. The second kappa shape index (κ2) is 11.4. The predicted octanol–water partition coefficient (Wildman–Crippen LogP) is 6.16. The molecule has 1 atom stereocenters. The fraction of sp³-hybridized carbons (Fsp3) is 0.321. The van der Waals surface area contributed by atoms with Gasteiger partial charge < -0.3 is 10.1 Å². The van der Waals surface area contributed by atoms with Crippen molar-refractivity contribution in [3.05, 3.63) is 87.9 Å². The van der Waals surface area contributed by atoms with E-state index in [0.29, 0.717) is 16.3 Å². The second-order valence-electron chi connectivity index (χ2n) is 9.15. The smallest absolute Gasteiger partial charge is 0.264 e. The van der Waals surface area contributed by atoms with Crippen LogP contribution < -0.4 is 14.4 Å². The molecule has 0 aliphatic carbocycles. The Labute approximate surface area is 219 Å². The molecule has 0 aromatic heterocycles. The number of methoxy groups -OCH3 is 1. The standard InChI is InChI=1S/C28H33ClN2O4S/c1-18(2)24-16-25(19(3)15-27(24)35-6)21(5)30-28(32)17-31(26-13-12-22(29)14-20(26)4)36(33,34)23-10-8-7-9-11-23/h7-16,18,21H,17H2,1-6H3,(H,30,32)/t21-/m0/s1. The van der Waals surface area contributed by atoms with Crippen LogP contribution in [0.1, 0.15) is 55.0 Å². The first-order valence-electron chi connectivity index (χ1n) is 11.8. The number of rotatable bonds is 9. The van der Waals surface area contributed by atoms with Gasteiger partial charge in [-0.25, -0.2) is 8.42 Å². The van der Waals surface area contributed by atoms with Gasteiger partial charge in [-0.2, -0.15) is 0 Å². The molecule has 3 aromatic rings. The van der Waals surface area contributed by atoms with E-state index in [4.69, 9.17) is 16.3 Å². The van der Waals surface area contributed by atoms with Gasteiger partial charge in [-0.3, -0.25) is 9.10 Å². The van der Waals surface area contributed by atoms with Crippen LogP contribution in [0.4, 0.5) is 5.69 Å². The topological polar surface area (TPSA) is 75.7 Å². The zero-order valence-electron chi connectivity index (χ0n) is 21.5. The molecular formula is C28H33ClN2O4S. The lowest BCUT2D eigenvalue weighted by Gasteiger charge is -2.27. The fourth-order valence-electron chi connectivity index (χ4n) is 4.22. The van der Waals surface area contributed by atoms with Gasteiger partial charge in [0.05, 0.1) is 23.7 Å². The molecule has 0 saturated carbocycles. The average molecular weight is 529 g/mol. The number of nitrogens with zero attached hydrogens (tertiary/aromatic N) is 1. The number of ether oxygens (including phenoxy) is 1. The molecule has 0 unspecified atom stereocenters. The van der Waals surface area contributed by atoms with Gasteiger partial charge in [0.2, 0.25) is 5.91 Å². The molecule has 6 nitrogen and oxygen atoms in total. The van der Waals surface area contributed by atoms with Crippen molar-refractivity contribution >= 4 is 33.2 Å². The minimum atomic E-state index is -4.01. The minimum absolute atomic E-state index is 0.104. The van der Waals surface area contributed by atoms with E-state index in [1.165, 1.54) is 12.1 Å². The van der Waals surface area contributed by atoms with Crippen LogP contribution >= 0.6 is 11.6 Å². The van der Waals surface area contributed by atoms with Gasteiger partial charge in [0, 0.05) is 5.02 Å². The Balaban J connectivity index is 1.94. The Morgan fingerprint density at radius 3 is 2.22 bits per heavy atom. The van der Waals surface area contributed by atoms with Crippen molar-refractivity contribution in [1.29, 1.82) is 0 Å². The van der Waals surface area contributed by atoms with Crippen LogP contribution in [0.2, 0.25) is 5.02 Å². The maximum Gasteiger partial charge on any atom is 0.264 e. The molecule has 8 heteroatoms. The minimum Gasteiger partial charge on any atom is -0.496 e. The van der Waals surface area contributed by atoms with E-state index in [9.17, 15) is 13.2 Å². The Kier molecular flexibility index (Phi) is 8.69. The fourth-order valence-corrected chi connectivity index (χ4v) is 5.96. The predicted molar refractivity (Wildman–Crippen MR) is 146 cm³/mol. The summed E-state index contributed by atoms with van der Waals surface area (Å²) in [6.45, 7) is 9.41. The summed E-state index contributed by atoms with van der Waals surface area (Å²) >= 11 is 6.11. The van der Waals surface area contributed by atoms with E-state index >= 15 is 0 Å². The van der Waals surface area contributed by atoms with Crippen molar-refractivity contribution in [2.45, 2.75) is 51.5 Å². The largest absolute Gasteiger partial charge is 0.496 e. The highest BCUT2D eigenvalue weighted by Crippen LogP contribution is 2.32. The van der Waals surface area contributed by atoms with Crippen molar-refractivity contribution in [2.75, 3.05) is 18.0 Å². The van der Waals surface area contributed by atoms with Gasteiger partial charge in [0.25, 0.3) is 10.0 Å². The number of halogens is 1. The molecule has 3 aromatic carbocycles. The van der Waals surface area contributed by atoms with Crippen molar-refractivity contribution in [3.63, 3.8) is 0 Å². The zero-order valence-corrected chi connectivity index (χ0v) is 23.1. The number of anilines is 1. The van der Waals surface area contributed by atoms with E-state index in [1.807, 2.05) is 26.0 Å². The molecular weight excluding hydrogens is 496 g/mol. The van der Waals surface area contributed by atoms with Crippen LogP contribution in [0.5, 0.6) is 5.75 Å². The maximum atomic E-state index is 13.6. The van der Waals surface area contributed by atoms with Crippen molar-refractivity contribution in [3.8, 4) is 5.75 Å². The summed E-state index contributed by atoms with van der Waals surface area (Å²) in [6.07, 6.45) is 0. The molecule has 0 saturated heterocycles. The highest BCUT2D eigenvalue weighted by atomic mass is 35.5. The van der Waals surface area contributed by atoms with E-state index < -0.39 is 15.9 Å².